The molecule has 0 aliphatic carbocycles. The van der Waals surface area contributed by atoms with Crippen LogP contribution in [0.2, 0.25) is 0 Å². The second-order valence-corrected chi connectivity index (χ2v) is 8.79. The molecule has 146 valence electrons. The number of anilines is 1. The lowest BCUT2D eigenvalue weighted by Gasteiger charge is -2.36. The third kappa shape index (κ3) is 4.14. The molecule has 2 N–H and O–H groups in total. The van der Waals surface area contributed by atoms with Gasteiger partial charge in [-0.3, -0.25) is 9.59 Å². The zero-order valence-electron chi connectivity index (χ0n) is 14.9. The average molecular weight is 393 g/mol. The number of piperidine rings is 1. The number of likely N-dealkylation sites (tertiary alicyclic amines) is 1. The van der Waals surface area contributed by atoms with Gasteiger partial charge in [0.05, 0.1) is 11.3 Å². The normalized spacial score (nSPS) is 22.4. The van der Waals surface area contributed by atoms with E-state index in [0.717, 1.165) is 6.08 Å². The third-order valence-electron chi connectivity index (χ3n) is 4.91. The standard InChI is InChI=1S/C18H23N3O5S/c1-2-17(23)19-13-6-7-16(22)15(11-13)18(24)20-8-3-5-14(12-20)21-9-4-10-27(21,25)26/h2,6-7,11,14,22H,1,3-5,8-10,12H2,(H,19,23). The van der Waals surface area contributed by atoms with Crippen LogP contribution in [0, 0.1) is 0 Å². The number of nitrogens with one attached hydrogen (secondary N) is 1. The van der Waals surface area contributed by atoms with E-state index < -0.39 is 15.9 Å². The fourth-order valence-electron chi connectivity index (χ4n) is 3.59. The Morgan fingerprint density at radius 3 is 2.70 bits per heavy atom. The number of rotatable bonds is 4. The predicted octanol–water partition coefficient (Wildman–Crippen LogP) is 1.16. The Morgan fingerprint density at radius 2 is 2.04 bits per heavy atom. The van der Waals surface area contributed by atoms with Gasteiger partial charge in [-0.05, 0) is 43.5 Å². The highest BCUT2D eigenvalue weighted by Gasteiger charge is 2.37. The van der Waals surface area contributed by atoms with Crippen molar-refractivity contribution in [1.29, 1.82) is 0 Å². The van der Waals surface area contributed by atoms with E-state index in [4.69, 9.17) is 0 Å². The van der Waals surface area contributed by atoms with E-state index in [9.17, 15) is 23.1 Å². The van der Waals surface area contributed by atoms with E-state index >= 15 is 0 Å². The summed E-state index contributed by atoms with van der Waals surface area (Å²) >= 11 is 0. The van der Waals surface area contributed by atoms with Crippen LogP contribution in [0.3, 0.4) is 0 Å². The molecule has 2 saturated heterocycles. The number of aromatic hydroxyl groups is 1. The molecule has 2 aliphatic rings. The fourth-order valence-corrected chi connectivity index (χ4v) is 5.35. The molecule has 3 rings (SSSR count). The average Bonchev–Trinajstić information content (AvgIpc) is 3.01. The van der Waals surface area contributed by atoms with E-state index in [-0.39, 0.29) is 29.0 Å². The van der Waals surface area contributed by atoms with Crippen molar-refractivity contribution in [2.24, 2.45) is 0 Å². The molecule has 0 saturated carbocycles. The zero-order valence-corrected chi connectivity index (χ0v) is 15.7. The molecular formula is C18H23N3O5S. The molecule has 1 atom stereocenters. The zero-order chi connectivity index (χ0) is 19.6. The summed E-state index contributed by atoms with van der Waals surface area (Å²) in [5, 5.41) is 12.7. The van der Waals surface area contributed by atoms with Crippen LogP contribution in [0.5, 0.6) is 5.75 Å². The van der Waals surface area contributed by atoms with Gasteiger partial charge in [-0.15, -0.1) is 0 Å². The van der Waals surface area contributed by atoms with Crippen molar-refractivity contribution in [3.63, 3.8) is 0 Å². The smallest absolute Gasteiger partial charge is 0.257 e. The number of hydrogen-bond acceptors (Lipinski definition) is 5. The first-order chi connectivity index (χ1) is 12.8. The van der Waals surface area contributed by atoms with E-state index in [1.165, 1.54) is 22.5 Å². The van der Waals surface area contributed by atoms with Crippen LogP contribution in [0.25, 0.3) is 0 Å². The van der Waals surface area contributed by atoms with Crippen LogP contribution in [-0.2, 0) is 14.8 Å². The minimum absolute atomic E-state index is 0.0711. The Kier molecular flexibility index (Phi) is 5.52. The minimum Gasteiger partial charge on any atom is -0.507 e. The maximum absolute atomic E-state index is 12.9. The van der Waals surface area contributed by atoms with Crippen LogP contribution < -0.4 is 5.32 Å². The molecule has 9 heteroatoms. The Balaban J connectivity index is 1.78. The van der Waals surface area contributed by atoms with Crippen molar-refractivity contribution in [3.8, 4) is 5.75 Å². The molecule has 2 amide bonds. The van der Waals surface area contributed by atoms with E-state index in [1.807, 2.05) is 0 Å². The molecular weight excluding hydrogens is 370 g/mol. The van der Waals surface area contributed by atoms with Crippen LogP contribution in [0.15, 0.2) is 30.9 Å². The first-order valence-electron chi connectivity index (χ1n) is 8.87. The van der Waals surface area contributed by atoms with E-state index in [1.54, 1.807) is 4.90 Å². The molecule has 0 radical (unpaired) electrons. The largest absolute Gasteiger partial charge is 0.507 e. The number of amides is 2. The molecule has 0 aromatic heterocycles. The highest BCUT2D eigenvalue weighted by atomic mass is 32.2. The number of nitrogens with zero attached hydrogens (tertiary/aromatic N) is 2. The van der Waals surface area contributed by atoms with Gasteiger partial charge in [-0.25, -0.2) is 8.42 Å². The highest BCUT2D eigenvalue weighted by Crippen LogP contribution is 2.27. The summed E-state index contributed by atoms with van der Waals surface area (Å²) < 4.78 is 25.9. The van der Waals surface area contributed by atoms with Crippen LogP contribution in [-0.4, -0.2) is 66.0 Å². The van der Waals surface area contributed by atoms with Crippen LogP contribution >= 0.6 is 0 Å². The lowest BCUT2D eigenvalue weighted by molar-refractivity contribution is -0.111. The lowest BCUT2D eigenvalue weighted by atomic mass is 10.0. The van der Waals surface area contributed by atoms with Gasteiger partial charge >= 0.3 is 0 Å². The lowest BCUT2D eigenvalue weighted by Crippen LogP contribution is -2.50. The molecule has 2 aliphatic heterocycles. The number of benzene rings is 1. The van der Waals surface area contributed by atoms with Gasteiger partial charge in [-0.1, -0.05) is 6.58 Å². The third-order valence-corrected chi connectivity index (χ3v) is 6.91. The minimum atomic E-state index is -3.24. The van der Waals surface area contributed by atoms with Crippen LogP contribution in [0.1, 0.15) is 29.6 Å². The molecule has 2 heterocycles. The SMILES string of the molecule is C=CC(=O)Nc1ccc(O)c(C(=O)N2CCCC(N3CCCS3(=O)=O)C2)c1. The number of hydrogen-bond donors (Lipinski definition) is 2. The van der Waals surface area contributed by atoms with Gasteiger partial charge in [0.1, 0.15) is 5.75 Å². The summed E-state index contributed by atoms with van der Waals surface area (Å²) in [7, 11) is -3.24. The summed E-state index contributed by atoms with van der Waals surface area (Å²) in [6, 6.07) is 4.01. The van der Waals surface area contributed by atoms with Crippen molar-refractivity contribution in [3.05, 3.63) is 36.4 Å². The maximum Gasteiger partial charge on any atom is 0.257 e. The summed E-state index contributed by atoms with van der Waals surface area (Å²) in [5.74, 6) is -0.837. The first kappa shape index (κ1) is 19.4. The number of phenols is 1. The van der Waals surface area contributed by atoms with Gasteiger partial charge in [0, 0.05) is 31.4 Å². The van der Waals surface area contributed by atoms with Crippen molar-refractivity contribution in [1.82, 2.24) is 9.21 Å². The van der Waals surface area contributed by atoms with Crippen molar-refractivity contribution >= 4 is 27.5 Å². The van der Waals surface area contributed by atoms with Gasteiger partial charge in [-0.2, -0.15) is 4.31 Å². The topological polar surface area (TPSA) is 107 Å². The quantitative estimate of drug-likeness (QED) is 0.590. The second-order valence-electron chi connectivity index (χ2n) is 6.75. The van der Waals surface area contributed by atoms with Crippen molar-refractivity contribution in [2.75, 3.05) is 30.7 Å². The number of carbonyl (C=O) groups is 2. The fraction of sp³-hybridized carbons (Fsp3) is 0.444. The monoisotopic (exact) mass is 393 g/mol. The Morgan fingerprint density at radius 1 is 1.26 bits per heavy atom. The predicted molar refractivity (Wildman–Crippen MR) is 101 cm³/mol. The molecule has 1 aromatic carbocycles. The highest BCUT2D eigenvalue weighted by molar-refractivity contribution is 7.89. The van der Waals surface area contributed by atoms with E-state index in [2.05, 4.69) is 11.9 Å². The maximum atomic E-state index is 12.9. The van der Waals surface area contributed by atoms with Gasteiger partial charge < -0.3 is 15.3 Å². The first-order valence-corrected chi connectivity index (χ1v) is 10.5. The van der Waals surface area contributed by atoms with Gasteiger partial charge in [0.2, 0.25) is 15.9 Å². The molecule has 1 unspecified atom stereocenters. The van der Waals surface area contributed by atoms with Gasteiger partial charge in [0.15, 0.2) is 0 Å². The number of carbonyl (C=O) groups excluding carboxylic acids is 2. The Labute approximate surface area is 158 Å². The molecule has 8 nitrogen and oxygen atoms in total. The Hall–Kier alpha value is -2.39. The summed E-state index contributed by atoms with van der Waals surface area (Å²) in [6.07, 6.45) is 3.12. The van der Waals surface area contributed by atoms with Crippen molar-refractivity contribution in [2.45, 2.75) is 25.3 Å². The molecule has 2 fully saturated rings. The van der Waals surface area contributed by atoms with Crippen LogP contribution in [0.4, 0.5) is 5.69 Å². The Bertz CT molecular complexity index is 868. The molecule has 27 heavy (non-hydrogen) atoms. The molecule has 1 aromatic rings. The summed E-state index contributed by atoms with van der Waals surface area (Å²) in [4.78, 5) is 25.9. The summed E-state index contributed by atoms with van der Waals surface area (Å²) in [6.45, 7) is 4.65. The number of phenolic OH excluding ortho intramolecular Hbond substituents is 1. The van der Waals surface area contributed by atoms with Gasteiger partial charge in [0.25, 0.3) is 5.91 Å². The summed E-state index contributed by atoms with van der Waals surface area (Å²) in [5.41, 5.74) is 0.443. The molecule has 0 spiro atoms. The number of sulfonamides is 1. The van der Waals surface area contributed by atoms with Crippen molar-refractivity contribution < 1.29 is 23.1 Å². The molecule has 0 bridgehead atoms. The van der Waals surface area contributed by atoms with E-state index in [0.29, 0.717) is 44.6 Å². The second kappa shape index (κ2) is 7.69.